The van der Waals surface area contributed by atoms with Crippen LogP contribution in [0.2, 0.25) is 0 Å². The third-order valence-electron chi connectivity index (χ3n) is 4.17. The molecule has 0 radical (unpaired) electrons. The third kappa shape index (κ3) is 2.63. The van der Waals surface area contributed by atoms with Gasteiger partial charge in [0.1, 0.15) is 0 Å². The van der Waals surface area contributed by atoms with Gasteiger partial charge in [-0.15, -0.1) is 11.3 Å². The lowest BCUT2D eigenvalue weighted by atomic mass is 10.0. The SMILES string of the molecule is CC(=O)c1ccc(-c2ccc3c(-c4cccnc4)csc3c2)cc1. The Kier molecular flexibility index (Phi) is 3.71. The van der Waals surface area contributed by atoms with E-state index < -0.39 is 0 Å². The monoisotopic (exact) mass is 329 g/mol. The molecular weight excluding hydrogens is 314 g/mol. The molecule has 0 aliphatic heterocycles. The van der Waals surface area contributed by atoms with Gasteiger partial charge in [0.25, 0.3) is 0 Å². The van der Waals surface area contributed by atoms with E-state index in [1.165, 1.54) is 15.6 Å². The van der Waals surface area contributed by atoms with Crippen molar-refractivity contribution in [2.24, 2.45) is 0 Å². The van der Waals surface area contributed by atoms with E-state index in [1.54, 1.807) is 24.5 Å². The second kappa shape index (κ2) is 6.02. The topological polar surface area (TPSA) is 30.0 Å². The summed E-state index contributed by atoms with van der Waals surface area (Å²) in [5, 5.41) is 3.43. The van der Waals surface area contributed by atoms with Crippen molar-refractivity contribution in [2.75, 3.05) is 0 Å². The minimum Gasteiger partial charge on any atom is -0.295 e. The molecule has 0 fully saturated rings. The predicted octanol–water partition coefficient (Wildman–Crippen LogP) is 5.83. The number of Topliss-reactive ketones (excluding diaryl/α,β-unsaturated/α-hetero) is 1. The molecule has 0 saturated carbocycles. The molecule has 2 aromatic heterocycles. The largest absolute Gasteiger partial charge is 0.295 e. The van der Waals surface area contributed by atoms with Crippen LogP contribution in [0.1, 0.15) is 17.3 Å². The molecule has 4 aromatic rings. The van der Waals surface area contributed by atoms with Gasteiger partial charge in [-0.05, 0) is 35.6 Å². The van der Waals surface area contributed by atoms with Crippen molar-refractivity contribution in [2.45, 2.75) is 6.92 Å². The Bertz CT molecular complexity index is 1020. The second-order valence-corrected chi connectivity index (χ2v) is 6.65. The van der Waals surface area contributed by atoms with Crippen LogP contribution in [0.3, 0.4) is 0 Å². The first-order chi connectivity index (χ1) is 11.7. The van der Waals surface area contributed by atoms with Crippen LogP contribution in [0, 0.1) is 0 Å². The van der Waals surface area contributed by atoms with Gasteiger partial charge in [-0.3, -0.25) is 9.78 Å². The number of rotatable bonds is 3. The van der Waals surface area contributed by atoms with Crippen LogP contribution in [0.5, 0.6) is 0 Å². The summed E-state index contributed by atoms with van der Waals surface area (Å²) in [7, 11) is 0. The van der Waals surface area contributed by atoms with Crippen molar-refractivity contribution >= 4 is 27.2 Å². The molecule has 0 spiro atoms. The van der Waals surface area contributed by atoms with E-state index in [-0.39, 0.29) is 5.78 Å². The summed E-state index contributed by atoms with van der Waals surface area (Å²) in [6.07, 6.45) is 3.69. The van der Waals surface area contributed by atoms with Gasteiger partial charge in [-0.1, -0.05) is 42.5 Å². The number of fused-ring (bicyclic) bond motifs is 1. The fourth-order valence-corrected chi connectivity index (χ4v) is 3.86. The van der Waals surface area contributed by atoms with Crippen molar-refractivity contribution in [3.05, 3.63) is 77.9 Å². The van der Waals surface area contributed by atoms with E-state index >= 15 is 0 Å². The second-order valence-electron chi connectivity index (χ2n) is 5.74. The molecule has 0 amide bonds. The van der Waals surface area contributed by atoms with Crippen molar-refractivity contribution < 1.29 is 4.79 Å². The van der Waals surface area contributed by atoms with Crippen molar-refractivity contribution in [1.29, 1.82) is 0 Å². The summed E-state index contributed by atoms with van der Waals surface area (Å²) in [6.45, 7) is 1.59. The average molecular weight is 329 g/mol. The average Bonchev–Trinajstić information content (AvgIpc) is 3.05. The van der Waals surface area contributed by atoms with Crippen molar-refractivity contribution in [3.8, 4) is 22.3 Å². The molecule has 0 unspecified atom stereocenters. The van der Waals surface area contributed by atoms with E-state index in [4.69, 9.17) is 0 Å². The van der Waals surface area contributed by atoms with Crippen LogP contribution in [0.25, 0.3) is 32.3 Å². The number of carbonyl (C=O) groups is 1. The van der Waals surface area contributed by atoms with Crippen molar-refractivity contribution in [3.63, 3.8) is 0 Å². The summed E-state index contributed by atoms with van der Waals surface area (Å²) >= 11 is 1.74. The number of hydrogen-bond acceptors (Lipinski definition) is 3. The molecule has 0 aliphatic carbocycles. The number of benzene rings is 2. The van der Waals surface area contributed by atoms with E-state index in [0.29, 0.717) is 0 Å². The molecule has 3 heteroatoms. The molecule has 0 atom stereocenters. The Morgan fingerprint density at radius 1 is 0.958 bits per heavy atom. The molecular formula is C21H15NOS. The summed E-state index contributed by atoms with van der Waals surface area (Å²) in [6, 6.07) is 18.4. The summed E-state index contributed by atoms with van der Waals surface area (Å²) in [5.74, 6) is 0.0939. The molecule has 2 aromatic carbocycles. The Hall–Kier alpha value is -2.78. The summed E-state index contributed by atoms with van der Waals surface area (Å²) < 4.78 is 1.25. The molecule has 24 heavy (non-hydrogen) atoms. The predicted molar refractivity (Wildman–Crippen MR) is 100 cm³/mol. The molecule has 0 saturated heterocycles. The van der Waals surface area contributed by atoms with E-state index in [1.807, 2.05) is 36.5 Å². The van der Waals surface area contributed by atoms with Gasteiger partial charge >= 0.3 is 0 Å². The number of nitrogens with zero attached hydrogens (tertiary/aromatic N) is 1. The molecule has 0 N–H and O–H groups in total. The van der Waals surface area contributed by atoms with Gasteiger partial charge in [-0.25, -0.2) is 0 Å². The van der Waals surface area contributed by atoms with Crippen LogP contribution in [-0.4, -0.2) is 10.8 Å². The Morgan fingerprint density at radius 3 is 2.46 bits per heavy atom. The lowest BCUT2D eigenvalue weighted by Gasteiger charge is -2.04. The van der Waals surface area contributed by atoms with E-state index in [9.17, 15) is 4.79 Å². The highest BCUT2D eigenvalue weighted by Gasteiger charge is 2.08. The number of aromatic nitrogens is 1. The summed E-state index contributed by atoms with van der Waals surface area (Å²) in [5.41, 5.74) is 5.40. The molecule has 2 nitrogen and oxygen atoms in total. The zero-order valence-electron chi connectivity index (χ0n) is 13.2. The van der Waals surface area contributed by atoms with Gasteiger partial charge in [0.05, 0.1) is 0 Å². The van der Waals surface area contributed by atoms with E-state index in [2.05, 4.69) is 34.6 Å². The van der Waals surface area contributed by atoms with Gasteiger partial charge in [0.15, 0.2) is 5.78 Å². The lowest BCUT2D eigenvalue weighted by molar-refractivity contribution is 0.101. The number of ketones is 1. The number of pyridine rings is 1. The smallest absolute Gasteiger partial charge is 0.159 e. The molecule has 4 rings (SSSR count). The highest BCUT2D eigenvalue weighted by atomic mass is 32.1. The van der Waals surface area contributed by atoms with Gasteiger partial charge < -0.3 is 0 Å². The van der Waals surface area contributed by atoms with E-state index in [0.717, 1.165) is 22.3 Å². The highest BCUT2D eigenvalue weighted by molar-refractivity contribution is 7.17. The number of carbonyl (C=O) groups excluding carboxylic acids is 1. The van der Waals surface area contributed by atoms with Crippen LogP contribution in [-0.2, 0) is 0 Å². The highest BCUT2D eigenvalue weighted by Crippen LogP contribution is 2.36. The molecule has 0 bridgehead atoms. The fourth-order valence-electron chi connectivity index (χ4n) is 2.85. The van der Waals surface area contributed by atoms with Crippen molar-refractivity contribution in [1.82, 2.24) is 4.98 Å². The Morgan fingerprint density at radius 2 is 1.75 bits per heavy atom. The minimum absolute atomic E-state index is 0.0939. The maximum Gasteiger partial charge on any atom is 0.159 e. The first-order valence-corrected chi connectivity index (χ1v) is 8.63. The maximum atomic E-state index is 11.4. The van der Waals surface area contributed by atoms with Crippen LogP contribution in [0.15, 0.2) is 72.4 Å². The maximum absolute atomic E-state index is 11.4. The quantitative estimate of drug-likeness (QED) is 0.442. The van der Waals surface area contributed by atoms with Crippen LogP contribution < -0.4 is 0 Å². The minimum atomic E-state index is 0.0939. The number of hydrogen-bond donors (Lipinski definition) is 0. The number of thiophene rings is 1. The first kappa shape index (κ1) is 14.8. The molecule has 116 valence electrons. The normalized spacial score (nSPS) is 10.9. The van der Waals surface area contributed by atoms with Crippen LogP contribution in [0.4, 0.5) is 0 Å². The Balaban J connectivity index is 1.76. The Labute approximate surface area is 144 Å². The standard InChI is InChI=1S/C21H15NOS/c1-14(23)15-4-6-16(7-5-15)17-8-9-19-20(13-24-21(19)11-17)18-3-2-10-22-12-18/h2-13H,1H3. The zero-order chi connectivity index (χ0) is 16.5. The lowest BCUT2D eigenvalue weighted by Crippen LogP contribution is -1.90. The first-order valence-electron chi connectivity index (χ1n) is 7.75. The third-order valence-corrected chi connectivity index (χ3v) is 5.12. The van der Waals surface area contributed by atoms with Gasteiger partial charge in [-0.2, -0.15) is 0 Å². The van der Waals surface area contributed by atoms with Crippen LogP contribution >= 0.6 is 11.3 Å². The molecule has 0 aliphatic rings. The summed E-state index contributed by atoms with van der Waals surface area (Å²) in [4.78, 5) is 15.6. The van der Waals surface area contributed by atoms with Gasteiger partial charge in [0.2, 0.25) is 0 Å². The van der Waals surface area contributed by atoms with Gasteiger partial charge in [0, 0.05) is 39.2 Å². The fraction of sp³-hybridized carbons (Fsp3) is 0.0476. The molecule has 2 heterocycles. The zero-order valence-corrected chi connectivity index (χ0v) is 14.0.